The molecule has 0 aliphatic heterocycles. The molecule has 5 heteroatoms. The molecule has 1 aromatic carbocycles. The quantitative estimate of drug-likeness (QED) is 0.819. The first kappa shape index (κ1) is 15.5. The molecule has 0 spiro atoms. The fourth-order valence-corrected chi connectivity index (χ4v) is 2.18. The number of aryl methyl sites for hydroxylation is 1. The van der Waals surface area contributed by atoms with Gasteiger partial charge < -0.3 is 9.30 Å². The van der Waals surface area contributed by atoms with Crippen molar-refractivity contribution in [2.75, 3.05) is 7.05 Å². The molecule has 21 heavy (non-hydrogen) atoms. The zero-order chi connectivity index (χ0) is 15.4. The molecule has 1 aromatic heterocycles. The fourth-order valence-electron chi connectivity index (χ4n) is 2.18. The predicted molar refractivity (Wildman–Crippen MR) is 83.1 cm³/mol. The van der Waals surface area contributed by atoms with Gasteiger partial charge in [-0.05, 0) is 33.9 Å². The number of hydrogen-bond donors (Lipinski definition) is 0. The highest BCUT2D eigenvalue weighted by molar-refractivity contribution is 5.33. The van der Waals surface area contributed by atoms with Crippen LogP contribution in [0.3, 0.4) is 0 Å². The van der Waals surface area contributed by atoms with Crippen molar-refractivity contribution in [1.29, 1.82) is 0 Å². The molecule has 0 aliphatic rings. The van der Waals surface area contributed by atoms with Crippen LogP contribution in [0.4, 0.5) is 0 Å². The minimum Gasteiger partial charge on any atom is -0.491 e. The van der Waals surface area contributed by atoms with Gasteiger partial charge in [-0.1, -0.05) is 18.2 Å². The first-order chi connectivity index (χ1) is 9.97. The topological polar surface area (TPSA) is 43.2 Å². The lowest BCUT2D eigenvalue weighted by atomic mass is 10.2. The molecule has 114 valence electrons. The van der Waals surface area contributed by atoms with Gasteiger partial charge in [0.15, 0.2) is 0 Å². The van der Waals surface area contributed by atoms with E-state index >= 15 is 0 Å². The summed E-state index contributed by atoms with van der Waals surface area (Å²) in [4.78, 5) is 2.21. The third kappa shape index (κ3) is 4.04. The molecule has 2 rings (SSSR count). The van der Waals surface area contributed by atoms with Crippen LogP contribution in [0.2, 0.25) is 0 Å². The van der Waals surface area contributed by atoms with Gasteiger partial charge in [0.1, 0.15) is 17.4 Å². The fraction of sp³-hybridized carbons (Fsp3) is 0.500. The van der Waals surface area contributed by atoms with Crippen LogP contribution in [-0.4, -0.2) is 32.8 Å². The second kappa shape index (κ2) is 6.72. The third-order valence-corrected chi connectivity index (χ3v) is 3.37. The molecule has 5 nitrogen and oxygen atoms in total. The first-order valence-electron chi connectivity index (χ1n) is 7.25. The van der Waals surface area contributed by atoms with Crippen molar-refractivity contribution in [3.05, 3.63) is 41.5 Å². The average Bonchev–Trinajstić information content (AvgIpc) is 2.72. The van der Waals surface area contributed by atoms with Crippen molar-refractivity contribution < 1.29 is 4.74 Å². The van der Waals surface area contributed by atoms with E-state index in [4.69, 9.17) is 4.74 Å². The Balaban J connectivity index is 2.06. The number of nitrogens with zero attached hydrogens (tertiary/aromatic N) is 4. The lowest BCUT2D eigenvalue weighted by molar-refractivity contribution is 0.232. The van der Waals surface area contributed by atoms with Gasteiger partial charge in [-0.3, -0.25) is 4.90 Å². The second-order valence-corrected chi connectivity index (χ2v) is 5.67. The third-order valence-electron chi connectivity index (χ3n) is 3.37. The van der Waals surface area contributed by atoms with Gasteiger partial charge in [-0.25, -0.2) is 0 Å². The summed E-state index contributed by atoms with van der Waals surface area (Å²) in [6.07, 6.45) is 0.179. The molecule has 0 amide bonds. The summed E-state index contributed by atoms with van der Waals surface area (Å²) in [6, 6.07) is 8.18. The zero-order valence-electron chi connectivity index (χ0n) is 13.5. The Bertz CT molecular complexity index is 592. The zero-order valence-corrected chi connectivity index (χ0v) is 13.5. The average molecular weight is 288 g/mol. The van der Waals surface area contributed by atoms with Crippen LogP contribution in [0, 0.1) is 6.92 Å². The Morgan fingerprint density at radius 2 is 1.90 bits per heavy atom. The summed E-state index contributed by atoms with van der Waals surface area (Å²) in [5.74, 6) is 2.85. The van der Waals surface area contributed by atoms with Crippen molar-refractivity contribution in [2.45, 2.75) is 40.0 Å². The minimum absolute atomic E-state index is 0.179. The Labute approximate surface area is 126 Å². The van der Waals surface area contributed by atoms with E-state index in [-0.39, 0.29) is 6.10 Å². The molecule has 0 saturated heterocycles. The van der Waals surface area contributed by atoms with Crippen molar-refractivity contribution in [2.24, 2.45) is 7.05 Å². The molecule has 0 fully saturated rings. The highest BCUT2D eigenvalue weighted by Gasteiger charge is 2.11. The SMILES string of the molecule is Cc1nnc(CN(C)Cc2ccccc2OC(C)C)n1C. The molecular weight excluding hydrogens is 264 g/mol. The van der Waals surface area contributed by atoms with E-state index in [0.29, 0.717) is 0 Å². The molecule has 0 bridgehead atoms. The van der Waals surface area contributed by atoms with E-state index in [9.17, 15) is 0 Å². The Morgan fingerprint density at radius 1 is 1.19 bits per heavy atom. The summed E-state index contributed by atoms with van der Waals surface area (Å²) in [5.41, 5.74) is 1.19. The minimum atomic E-state index is 0.179. The largest absolute Gasteiger partial charge is 0.491 e. The van der Waals surface area contributed by atoms with E-state index in [1.165, 1.54) is 5.56 Å². The first-order valence-corrected chi connectivity index (χ1v) is 7.25. The van der Waals surface area contributed by atoms with Crippen LogP contribution in [0.1, 0.15) is 31.1 Å². The van der Waals surface area contributed by atoms with Crippen LogP contribution in [0.15, 0.2) is 24.3 Å². The molecular formula is C16H24N4O. The normalized spacial score (nSPS) is 11.4. The van der Waals surface area contributed by atoms with Gasteiger partial charge in [0.25, 0.3) is 0 Å². The second-order valence-electron chi connectivity index (χ2n) is 5.67. The standard InChI is InChI=1S/C16H24N4O/c1-12(2)21-15-9-7-6-8-14(15)10-19(4)11-16-18-17-13(3)20(16)5/h6-9,12H,10-11H2,1-5H3. The van der Waals surface area contributed by atoms with Gasteiger partial charge in [-0.15, -0.1) is 10.2 Å². The summed E-state index contributed by atoms with van der Waals surface area (Å²) < 4.78 is 7.89. The van der Waals surface area contributed by atoms with Gasteiger partial charge in [0.05, 0.1) is 12.6 Å². The number of hydrogen-bond acceptors (Lipinski definition) is 4. The van der Waals surface area contributed by atoms with Crippen molar-refractivity contribution in [3.8, 4) is 5.75 Å². The maximum Gasteiger partial charge on any atom is 0.146 e. The number of aromatic nitrogens is 3. The van der Waals surface area contributed by atoms with Crippen LogP contribution in [0.25, 0.3) is 0 Å². The van der Waals surface area contributed by atoms with E-state index in [0.717, 1.165) is 30.5 Å². The van der Waals surface area contributed by atoms with Gasteiger partial charge in [-0.2, -0.15) is 0 Å². The summed E-state index contributed by atoms with van der Waals surface area (Å²) in [7, 11) is 4.07. The van der Waals surface area contributed by atoms with Gasteiger partial charge in [0.2, 0.25) is 0 Å². The Morgan fingerprint density at radius 3 is 2.52 bits per heavy atom. The monoisotopic (exact) mass is 288 g/mol. The molecule has 0 atom stereocenters. The highest BCUT2D eigenvalue weighted by atomic mass is 16.5. The number of rotatable bonds is 6. The van der Waals surface area contributed by atoms with E-state index in [1.54, 1.807) is 0 Å². The predicted octanol–water partition coefficient (Wildman–Crippen LogP) is 2.54. The summed E-state index contributed by atoms with van der Waals surface area (Å²) >= 11 is 0. The summed E-state index contributed by atoms with van der Waals surface area (Å²) in [5, 5.41) is 8.30. The molecule has 2 aromatic rings. The van der Waals surface area contributed by atoms with Gasteiger partial charge in [0, 0.05) is 19.2 Å². The van der Waals surface area contributed by atoms with Crippen LogP contribution < -0.4 is 4.74 Å². The van der Waals surface area contributed by atoms with Crippen molar-refractivity contribution >= 4 is 0 Å². The van der Waals surface area contributed by atoms with E-state index < -0.39 is 0 Å². The molecule has 0 saturated carbocycles. The number of ether oxygens (including phenoxy) is 1. The Kier molecular flexibility index (Phi) is 4.96. The van der Waals surface area contributed by atoms with E-state index in [2.05, 4.69) is 28.2 Å². The molecule has 0 unspecified atom stereocenters. The van der Waals surface area contributed by atoms with Crippen molar-refractivity contribution in [1.82, 2.24) is 19.7 Å². The maximum absolute atomic E-state index is 5.86. The highest BCUT2D eigenvalue weighted by Crippen LogP contribution is 2.21. The maximum atomic E-state index is 5.86. The molecule has 0 radical (unpaired) electrons. The summed E-state index contributed by atoms with van der Waals surface area (Å²) in [6.45, 7) is 7.62. The van der Waals surface area contributed by atoms with Crippen LogP contribution in [-0.2, 0) is 20.1 Å². The van der Waals surface area contributed by atoms with Crippen molar-refractivity contribution in [3.63, 3.8) is 0 Å². The van der Waals surface area contributed by atoms with Crippen LogP contribution in [0.5, 0.6) is 5.75 Å². The lowest BCUT2D eigenvalue weighted by Gasteiger charge is -2.19. The molecule has 0 aliphatic carbocycles. The van der Waals surface area contributed by atoms with Gasteiger partial charge >= 0.3 is 0 Å². The number of para-hydroxylation sites is 1. The molecule has 0 N–H and O–H groups in total. The Hall–Kier alpha value is -1.88. The van der Waals surface area contributed by atoms with Crippen LogP contribution >= 0.6 is 0 Å². The lowest BCUT2D eigenvalue weighted by Crippen LogP contribution is -2.20. The smallest absolute Gasteiger partial charge is 0.146 e. The number of benzene rings is 1. The van der Waals surface area contributed by atoms with E-state index in [1.807, 2.05) is 50.6 Å². The molecule has 1 heterocycles.